The molecule has 0 unspecified atom stereocenters. The molecule has 4 aromatic rings. The van der Waals surface area contributed by atoms with Crippen molar-refractivity contribution in [2.75, 3.05) is 39.6 Å². The third-order valence-electron chi connectivity index (χ3n) is 8.37. The van der Waals surface area contributed by atoms with Crippen molar-refractivity contribution in [2.24, 2.45) is 5.73 Å². The van der Waals surface area contributed by atoms with E-state index in [-0.39, 0.29) is 51.4 Å². The van der Waals surface area contributed by atoms with Gasteiger partial charge in [0.25, 0.3) is 0 Å². The van der Waals surface area contributed by atoms with Crippen molar-refractivity contribution in [3.8, 4) is 22.3 Å². The molecule has 2 aliphatic carbocycles. The lowest BCUT2D eigenvalue weighted by Gasteiger charge is -2.27. The summed E-state index contributed by atoms with van der Waals surface area (Å²) in [5.74, 6) is -5.29. The lowest BCUT2D eigenvalue weighted by Crippen LogP contribution is -2.58. The number of carboxylic acid groups (broad SMARTS) is 1. The van der Waals surface area contributed by atoms with E-state index in [1.807, 2.05) is 97.1 Å². The number of aliphatic carboxylic acids is 1. The molecule has 0 aliphatic heterocycles. The molecule has 0 heterocycles. The van der Waals surface area contributed by atoms with Crippen molar-refractivity contribution in [2.45, 2.75) is 17.4 Å². The largest absolute Gasteiger partial charge is 0.478 e. The fourth-order valence-electron chi connectivity index (χ4n) is 6.28. The Balaban J connectivity index is 1.25. The van der Waals surface area contributed by atoms with E-state index in [0.717, 1.165) is 44.5 Å². The molecule has 6 rings (SSSR count). The molecule has 45 heavy (non-hydrogen) atoms. The summed E-state index contributed by atoms with van der Waals surface area (Å²) in [5, 5.41) is 10.4. The average Bonchev–Trinajstić information content (AvgIpc) is 3.56. The summed E-state index contributed by atoms with van der Waals surface area (Å²) in [6, 6.07) is 31.0. The molecule has 9 heteroatoms. The fourth-order valence-corrected chi connectivity index (χ4v) is 6.28. The summed E-state index contributed by atoms with van der Waals surface area (Å²) in [5.41, 5.74) is 10.2. The molecule has 230 valence electrons. The molecule has 0 atom stereocenters. The Morgan fingerprint density at radius 2 is 0.978 bits per heavy atom. The molecule has 0 spiro atoms. The van der Waals surface area contributed by atoms with E-state index >= 15 is 0 Å². The smallest absolute Gasteiger partial charge is 0.362 e. The monoisotopic (exact) mass is 607 g/mol. The number of hydrogen-bond acceptors (Lipinski definition) is 8. The van der Waals surface area contributed by atoms with Crippen molar-refractivity contribution in [1.29, 1.82) is 0 Å². The van der Waals surface area contributed by atoms with Crippen molar-refractivity contribution >= 4 is 17.9 Å². The Hall–Kier alpha value is -4.83. The normalized spacial score (nSPS) is 13.4. The van der Waals surface area contributed by atoms with Gasteiger partial charge < -0.3 is 29.8 Å². The Kier molecular flexibility index (Phi) is 8.75. The van der Waals surface area contributed by atoms with Crippen LogP contribution in [0.2, 0.25) is 0 Å². The predicted octanol–water partition coefficient (Wildman–Crippen LogP) is 4.51. The Morgan fingerprint density at radius 3 is 1.33 bits per heavy atom. The highest BCUT2D eigenvalue weighted by Gasteiger charge is 2.59. The van der Waals surface area contributed by atoms with Gasteiger partial charge in [0.1, 0.15) is 13.2 Å². The molecule has 0 saturated heterocycles. The van der Waals surface area contributed by atoms with Crippen LogP contribution >= 0.6 is 0 Å². The van der Waals surface area contributed by atoms with Gasteiger partial charge in [0.05, 0.1) is 19.8 Å². The van der Waals surface area contributed by atoms with Gasteiger partial charge in [0.15, 0.2) is 0 Å². The van der Waals surface area contributed by atoms with Crippen molar-refractivity contribution in [3.05, 3.63) is 119 Å². The van der Waals surface area contributed by atoms with Crippen LogP contribution in [0.15, 0.2) is 97.1 Å². The maximum Gasteiger partial charge on any atom is 0.362 e. The highest BCUT2D eigenvalue weighted by atomic mass is 16.6. The van der Waals surface area contributed by atoms with E-state index in [9.17, 15) is 19.5 Å². The van der Waals surface area contributed by atoms with Crippen molar-refractivity contribution in [3.63, 3.8) is 0 Å². The topological polar surface area (TPSA) is 134 Å². The lowest BCUT2D eigenvalue weighted by molar-refractivity contribution is -0.201. The SMILES string of the molecule is NCCOCCOC(C(=O)O)(C(=O)OCC1c2ccccc2-c2ccccc21)C(=O)OCC1c2ccccc2-c2ccccc21. The first-order valence-electron chi connectivity index (χ1n) is 14.8. The molecule has 0 amide bonds. The molecule has 0 saturated carbocycles. The van der Waals surface area contributed by atoms with Crippen LogP contribution in [0.3, 0.4) is 0 Å². The van der Waals surface area contributed by atoms with Crippen LogP contribution in [0.1, 0.15) is 34.1 Å². The third-order valence-corrected chi connectivity index (χ3v) is 8.37. The van der Waals surface area contributed by atoms with Gasteiger partial charge in [-0.1, -0.05) is 97.1 Å². The number of hydrogen-bond donors (Lipinski definition) is 2. The number of nitrogens with two attached hydrogens (primary N) is 1. The van der Waals surface area contributed by atoms with E-state index < -0.39 is 23.5 Å². The molecule has 0 fully saturated rings. The number of carboxylic acids is 1. The van der Waals surface area contributed by atoms with Crippen LogP contribution in [-0.2, 0) is 33.3 Å². The second-order valence-electron chi connectivity index (χ2n) is 10.9. The summed E-state index contributed by atoms with van der Waals surface area (Å²) in [6.45, 7) is -0.459. The zero-order valence-corrected chi connectivity index (χ0v) is 24.5. The fraction of sp³-hybridized carbons (Fsp3) is 0.250. The summed E-state index contributed by atoms with van der Waals surface area (Å²) in [7, 11) is 0. The lowest BCUT2D eigenvalue weighted by atomic mass is 9.97. The number of ether oxygens (including phenoxy) is 4. The van der Waals surface area contributed by atoms with Crippen molar-refractivity contribution < 1.29 is 38.4 Å². The highest BCUT2D eigenvalue weighted by Crippen LogP contribution is 2.46. The molecule has 9 nitrogen and oxygen atoms in total. The second kappa shape index (κ2) is 13.0. The highest BCUT2D eigenvalue weighted by molar-refractivity contribution is 6.21. The van der Waals surface area contributed by atoms with Gasteiger partial charge in [0.2, 0.25) is 0 Å². The molecular formula is C36H33NO8. The Bertz CT molecular complexity index is 1530. The zero-order valence-electron chi connectivity index (χ0n) is 24.5. The second-order valence-corrected chi connectivity index (χ2v) is 10.9. The number of carbonyl (C=O) groups is 3. The summed E-state index contributed by atoms with van der Waals surface area (Å²) < 4.78 is 22.2. The molecule has 3 N–H and O–H groups in total. The van der Waals surface area contributed by atoms with Crippen LogP contribution < -0.4 is 5.73 Å². The van der Waals surface area contributed by atoms with Crippen LogP contribution in [0, 0.1) is 0 Å². The first-order chi connectivity index (χ1) is 22.0. The maximum atomic E-state index is 13.8. The van der Waals surface area contributed by atoms with Gasteiger partial charge in [-0.2, -0.15) is 0 Å². The maximum absolute atomic E-state index is 13.8. The minimum atomic E-state index is -3.07. The van der Waals surface area contributed by atoms with E-state index in [1.165, 1.54) is 0 Å². The van der Waals surface area contributed by atoms with Gasteiger partial charge in [0, 0.05) is 18.4 Å². The first kappa shape index (κ1) is 30.2. The number of esters is 2. The van der Waals surface area contributed by atoms with Crippen molar-refractivity contribution in [1.82, 2.24) is 0 Å². The van der Waals surface area contributed by atoms with E-state index in [1.54, 1.807) is 0 Å². The third kappa shape index (κ3) is 5.50. The minimum Gasteiger partial charge on any atom is -0.478 e. The molecule has 4 aromatic carbocycles. The van der Waals surface area contributed by atoms with Gasteiger partial charge in [-0.25, -0.2) is 14.4 Å². The number of fused-ring (bicyclic) bond motifs is 6. The van der Waals surface area contributed by atoms with Crippen LogP contribution in [0.4, 0.5) is 0 Å². The van der Waals surface area contributed by atoms with Crippen LogP contribution in [-0.4, -0.2) is 68.2 Å². The van der Waals surface area contributed by atoms with E-state index in [4.69, 9.17) is 24.7 Å². The van der Waals surface area contributed by atoms with Gasteiger partial charge in [-0.15, -0.1) is 0 Å². The number of carbonyl (C=O) groups excluding carboxylic acids is 2. The molecule has 0 radical (unpaired) electrons. The quantitative estimate of drug-likeness (QED) is 0.128. The summed E-state index contributed by atoms with van der Waals surface area (Å²) >= 11 is 0. The first-order valence-corrected chi connectivity index (χ1v) is 14.8. The van der Waals surface area contributed by atoms with Gasteiger partial charge in [-0.05, 0) is 44.5 Å². The van der Waals surface area contributed by atoms with Gasteiger partial charge >= 0.3 is 23.5 Å². The average molecular weight is 608 g/mol. The molecule has 0 bridgehead atoms. The molecule has 0 aromatic heterocycles. The molecular weight excluding hydrogens is 574 g/mol. The number of benzene rings is 4. The van der Waals surface area contributed by atoms with E-state index in [0.29, 0.717) is 0 Å². The van der Waals surface area contributed by atoms with Crippen LogP contribution in [0.25, 0.3) is 22.3 Å². The zero-order chi connectivity index (χ0) is 31.4. The predicted molar refractivity (Wildman–Crippen MR) is 166 cm³/mol. The summed E-state index contributed by atoms with van der Waals surface area (Å²) in [6.07, 6.45) is 0. The Labute approximate surface area is 260 Å². The Morgan fingerprint density at radius 1 is 0.600 bits per heavy atom. The van der Waals surface area contributed by atoms with Crippen LogP contribution in [0.5, 0.6) is 0 Å². The summed E-state index contributed by atoms with van der Waals surface area (Å²) in [4.78, 5) is 40.3. The van der Waals surface area contributed by atoms with E-state index in [2.05, 4.69) is 0 Å². The standard InChI is InChI=1S/C36H33NO8/c37-17-18-42-19-20-45-36(33(38)39,34(40)43-21-31-27-13-5-1-9-23(27)24-10-2-6-14-28(24)31)35(41)44-22-32-29-15-7-3-11-25(29)26-12-4-8-16-30(26)32/h1-16,31-32H,17-22,37H2,(H,38,39). The van der Waals surface area contributed by atoms with Gasteiger partial charge in [-0.3, -0.25) is 0 Å². The number of rotatable bonds is 13. The molecule has 2 aliphatic rings. The minimum absolute atomic E-state index is 0.0977.